The summed E-state index contributed by atoms with van der Waals surface area (Å²) in [5.41, 5.74) is 2.52. The zero-order chi connectivity index (χ0) is 16.8. The lowest BCUT2D eigenvalue weighted by atomic mass is 10.1. The number of carbonyl (C=O) groups excluding carboxylic acids is 1. The average molecular weight is 332 g/mol. The fourth-order valence-corrected chi connectivity index (χ4v) is 3.29. The first-order valence-corrected chi connectivity index (χ1v) is 8.99. The predicted octanol–water partition coefficient (Wildman–Crippen LogP) is 1.53. The molecule has 1 aromatic rings. The number of amides is 1. The number of ether oxygens (including phenoxy) is 2. The smallest absolute Gasteiger partial charge is 0.242 e. The van der Waals surface area contributed by atoms with Crippen LogP contribution in [-0.2, 0) is 20.7 Å². The summed E-state index contributed by atoms with van der Waals surface area (Å²) in [6, 6.07) is 8.31. The van der Waals surface area contributed by atoms with Crippen molar-refractivity contribution in [1.29, 1.82) is 0 Å². The minimum Gasteiger partial charge on any atom is -0.378 e. The second-order valence-corrected chi connectivity index (χ2v) is 6.74. The van der Waals surface area contributed by atoms with E-state index in [4.69, 9.17) is 9.47 Å². The molecule has 1 N–H and O–H groups in total. The molecule has 3 rings (SSSR count). The first-order valence-electron chi connectivity index (χ1n) is 8.99. The van der Waals surface area contributed by atoms with Crippen LogP contribution in [0.15, 0.2) is 24.3 Å². The van der Waals surface area contributed by atoms with Crippen molar-refractivity contribution in [3.63, 3.8) is 0 Å². The van der Waals surface area contributed by atoms with Gasteiger partial charge in [0.25, 0.3) is 0 Å². The van der Waals surface area contributed by atoms with Crippen molar-refractivity contribution >= 4 is 5.91 Å². The number of morpholine rings is 1. The van der Waals surface area contributed by atoms with Gasteiger partial charge in [-0.25, -0.2) is 0 Å². The van der Waals surface area contributed by atoms with Gasteiger partial charge in [0.2, 0.25) is 5.91 Å². The molecule has 5 nitrogen and oxygen atoms in total. The van der Waals surface area contributed by atoms with Crippen molar-refractivity contribution < 1.29 is 14.3 Å². The molecule has 132 valence electrons. The average Bonchev–Trinajstić information content (AvgIpc) is 3.13. The predicted molar refractivity (Wildman–Crippen MR) is 93.0 cm³/mol. The SMILES string of the molecule is Cc1ccc(CCN(CC2CCCO2)C(=O)C2COCCN2)cc1. The number of benzene rings is 1. The molecule has 0 radical (unpaired) electrons. The van der Waals surface area contributed by atoms with Crippen LogP contribution >= 0.6 is 0 Å². The molecule has 0 spiro atoms. The molecule has 24 heavy (non-hydrogen) atoms. The summed E-state index contributed by atoms with van der Waals surface area (Å²) >= 11 is 0. The molecule has 1 aromatic carbocycles. The summed E-state index contributed by atoms with van der Waals surface area (Å²) in [5.74, 6) is 0.136. The molecule has 2 unspecified atom stereocenters. The Morgan fingerprint density at radius 2 is 2.12 bits per heavy atom. The third kappa shape index (κ3) is 4.79. The van der Waals surface area contributed by atoms with Gasteiger partial charge in [0.05, 0.1) is 19.3 Å². The molecular formula is C19H28N2O3. The Morgan fingerprint density at radius 1 is 1.29 bits per heavy atom. The molecule has 2 heterocycles. The molecule has 0 bridgehead atoms. The zero-order valence-electron chi connectivity index (χ0n) is 14.5. The Morgan fingerprint density at radius 3 is 2.79 bits per heavy atom. The summed E-state index contributed by atoms with van der Waals surface area (Å²) in [4.78, 5) is 14.8. The van der Waals surface area contributed by atoms with E-state index >= 15 is 0 Å². The molecule has 0 aromatic heterocycles. The molecule has 2 fully saturated rings. The van der Waals surface area contributed by atoms with Gasteiger partial charge in [0.15, 0.2) is 0 Å². The van der Waals surface area contributed by atoms with Crippen molar-refractivity contribution in [2.45, 2.75) is 38.3 Å². The lowest BCUT2D eigenvalue weighted by Crippen LogP contribution is -2.54. The normalized spacial score (nSPS) is 24.0. The van der Waals surface area contributed by atoms with Gasteiger partial charge >= 0.3 is 0 Å². The van der Waals surface area contributed by atoms with Crippen LogP contribution in [0.1, 0.15) is 24.0 Å². The van der Waals surface area contributed by atoms with Crippen molar-refractivity contribution in [1.82, 2.24) is 10.2 Å². The maximum Gasteiger partial charge on any atom is 0.242 e. The van der Waals surface area contributed by atoms with Crippen molar-refractivity contribution in [2.24, 2.45) is 0 Å². The number of rotatable bonds is 6. The van der Waals surface area contributed by atoms with Crippen LogP contribution in [0.25, 0.3) is 0 Å². The number of hydrogen-bond acceptors (Lipinski definition) is 4. The highest BCUT2D eigenvalue weighted by Crippen LogP contribution is 2.15. The molecule has 1 amide bonds. The molecule has 2 aliphatic rings. The van der Waals surface area contributed by atoms with E-state index in [9.17, 15) is 4.79 Å². The molecule has 2 aliphatic heterocycles. The Bertz CT molecular complexity index is 520. The number of hydrogen-bond donors (Lipinski definition) is 1. The lowest BCUT2D eigenvalue weighted by molar-refractivity contribution is -0.137. The summed E-state index contributed by atoms with van der Waals surface area (Å²) in [7, 11) is 0. The number of aryl methyl sites for hydroxylation is 1. The Kier molecular flexibility index (Phi) is 6.24. The first kappa shape index (κ1) is 17.4. The van der Waals surface area contributed by atoms with Crippen LogP contribution < -0.4 is 5.32 Å². The number of nitrogens with one attached hydrogen (secondary N) is 1. The van der Waals surface area contributed by atoms with Gasteiger partial charge in [0, 0.05) is 26.2 Å². The van der Waals surface area contributed by atoms with E-state index < -0.39 is 0 Å². The van der Waals surface area contributed by atoms with E-state index in [1.165, 1.54) is 11.1 Å². The van der Waals surface area contributed by atoms with E-state index in [-0.39, 0.29) is 18.1 Å². The minimum atomic E-state index is -0.224. The number of carbonyl (C=O) groups is 1. The molecule has 2 atom stereocenters. The van der Waals surface area contributed by atoms with E-state index in [2.05, 4.69) is 36.5 Å². The van der Waals surface area contributed by atoms with Crippen LogP contribution in [0.3, 0.4) is 0 Å². The fourth-order valence-electron chi connectivity index (χ4n) is 3.29. The highest BCUT2D eigenvalue weighted by atomic mass is 16.5. The molecular weight excluding hydrogens is 304 g/mol. The maximum absolute atomic E-state index is 12.9. The Labute approximate surface area is 144 Å². The van der Waals surface area contributed by atoms with Gasteiger partial charge in [-0.3, -0.25) is 4.79 Å². The fraction of sp³-hybridized carbons (Fsp3) is 0.632. The third-order valence-electron chi connectivity index (χ3n) is 4.77. The van der Waals surface area contributed by atoms with Crippen molar-refractivity contribution in [2.75, 3.05) is 39.5 Å². The van der Waals surface area contributed by atoms with Gasteiger partial charge in [0.1, 0.15) is 6.04 Å². The lowest BCUT2D eigenvalue weighted by Gasteiger charge is -2.31. The first-order chi connectivity index (χ1) is 11.7. The molecule has 0 saturated carbocycles. The highest BCUT2D eigenvalue weighted by Gasteiger charge is 2.29. The van der Waals surface area contributed by atoms with Gasteiger partial charge in [-0.1, -0.05) is 29.8 Å². The van der Waals surface area contributed by atoms with E-state index in [0.29, 0.717) is 19.8 Å². The van der Waals surface area contributed by atoms with Crippen LogP contribution in [-0.4, -0.2) is 62.4 Å². The molecule has 0 aliphatic carbocycles. The van der Waals surface area contributed by atoms with Crippen LogP contribution in [0.2, 0.25) is 0 Å². The standard InChI is InChI=1S/C19H28N2O3/c1-15-4-6-16(7-5-15)8-10-21(13-17-3-2-11-24-17)19(22)18-14-23-12-9-20-18/h4-7,17-18,20H,2-3,8-14H2,1H3. The zero-order valence-corrected chi connectivity index (χ0v) is 14.5. The molecule has 2 saturated heterocycles. The summed E-state index contributed by atoms with van der Waals surface area (Å²) in [6.45, 7) is 6.19. The highest BCUT2D eigenvalue weighted by molar-refractivity contribution is 5.82. The third-order valence-corrected chi connectivity index (χ3v) is 4.77. The van der Waals surface area contributed by atoms with Crippen LogP contribution in [0.5, 0.6) is 0 Å². The van der Waals surface area contributed by atoms with Gasteiger partial charge in [-0.2, -0.15) is 0 Å². The van der Waals surface area contributed by atoms with Gasteiger partial charge in [-0.05, 0) is 31.7 Å². The largest absolute Gasteiger partial charge is 0.378 e. The summed E-state index contributed by atoms with van der Waals surface area (Å²) in [6.07, 6.45) is 3.18. The van der Waals surface area contributed by atoms with Crippen molar-refractivity contribution in [3.8, 4) is 0 Å². The minimum absolute atomic E-state index is 0.136. The van der Waals surface area contributed by atoms with E-state index in [1.807, 2.05) is 4.90 Å². The summed E-state index contributed by atoms with van der Waals surface area (Å²) in [5, 5.41) is 3.27. The monoisotopic (exact) mass is 332 g/mol. The van der Waals surface area contributed by atoms with Crippen molar-refractivity contribution in [3.05, 3.63) is 35.4 Å². The second kappa shape index (κ2) is 8.60. The second-order valence-electron chi connectivity index (χ2n) is 6.74. The van der Waals surface area contributed by atoms with E-state index in [0.717, 1.165) is 39.0 Å². The summed E-state index contributed by atoms with van der Waals surface area (Å²) < 4.78 is 11.2. The topological polar surface area (TPSA) is 50.8 Å². The van der Waals surface area contributed by atoms with Gasteiger partial charge in [-0.15, -0.1) is 0 Å². The van der Waals surface area contributed by atoms with Crippen LogP contribution in [0.4, 0.5) is 0 Å². The van der Waals surface area contributed by atoms with Crippen LogP contribution in [0, 0.1) is 6.92 Å². The quantitative estimate of drug-likeness (QED) is 0.858. The maximum atomic E-state index is 12.9. The molecule has 5 heteroatoms. The van der Waals surface area contributed by atoms with Gasteiger partial charge < -0.3 is 19.7 Å². The van der Waals surface area contributed by atoms with E-state index in [1.54, 1.807) is 0 Å². The Hall–Kier alpha value is -1.43. The number of nitrogens with zero attached hydrogens (tertiary/aromatic N) is 1. The Balaban J connectivity index is 1.61.